The summed E-state index contributed by atoms with van der Waals surface area (Å²) in [5, 5.41) is 12.7. The highest BCUT2D eigenvalue weighted by atomic mass is 16.5. The van der Waals surface area contributed by atoms with Crippen molar-refractivity contribution in [1.29, 1.82) is 0 Å². The van der Waals surface area contributed by atoms with Gasteiger partial charge in [-0.2, -0.15) is 0 Å². The van der Waals surface area contributed by atoms with E-state index in [1.165, 1.54) is 0 Å². The van der Waals surface area contributed by atoms with Crippen LogP contribution in [0.1, 0.15) is 30.1 Å². The van der Waals surface area contributed by atoms with Crippen LogP contribution in [-0.4, -0.2) is 29.8 Å². The van der Waals surface area contributed by atoms with E-state index < -0.39 is 0 Å². The van der Waals surface area contributed by atoms with Crippen molar-refractivity contribution in [1.82, 2.24) is 5.32 Å². The van der Waals surface area contributed by atoms with Gasteiger partial charge in [-0.3, -0.25) is 4.79 Å². The van der Waals surface area contributed by atoms with Crippen molar-refractivity contribution in [2.75, 3.05) is 18.9 Å². The van der Waals surface area contributed by atoms with Gasteiger partial charge in [0.1, 0.15) is 0 Å². The minimum absolute atomic E-state index is 0.161. The molecule has 1 saturated heterocycles. The third kappa shape index (κ3) is 2.56. The molecule has 4 N–H and O–H groups in total. The lowest BCUT2D eigenvalue weighted by atomic mass is 9.92. The molecule has 98 valence electrons. The Bertz CT molecular complexity index is 454. The van der Waals surface area contributed by atoms with Crippen molar-refractivity contribution in [2.45, 2.75) is 25.3 Å². The number of amides is 1. The summed E-state index contributed by atoms with van der Waals surface area (Å²) in [4.78, 5) is 12.1. The Labute approximate surface area is 106 Å². The maximum absolute atomic E-state index is 12.1. The first-order valence-electron chi connectivity index (χ1n) is 5.99. The first-order valence-corrected chi connectivity index (χ1v) is 5.99. The van der Waals surface area contributed by atoms with E-state index in [2.05, 4.69) is 5.32 Å². The highest BCUT2D eigenvalue weighted by molar-refractivity contribution is 5.98. The van der Waals surface area contributed by atoms with Crippen LogP contribution in [0.2, 0.25) is 0 Å². The zero-order valence-corrected chi connectivity index (χ0v) is 10.4. The molecule has 0 aromatic heterocycles. The van der Waals surface area contributed by atoms with Crippen molar-refractivity contribution in [2.24, 2.45) is 0 Å². The lowest BCUT2D eigenvalue weighted by molar-refractivity contribution is 0.0422. The molecular formula is C13H18N2O3. The average Bonchev–Trinajstić information content (AvgIpc) is 2.33. The molecule has 1 heterocycles. The highest BCUT2D eigenvalue weighted by Crippen LogP contribution is 2.26. The first-order chi connectivity index (χ1) is 8.52. The van der Waals surface area contributed by atoms with E-state index in [1.54, 1.807) is 18.2 Å². The van der Waals surface area contributed by atoms with Gasteiger partial charge in [0.05, 0.1) is 11.3 Å². The van der Waals surface area contributed by atoms with Gasteiger partial charge in [0, 0.05) is 18.8 Å². The Balaban J connectivity index is 2.14. The number of carbonyl (C=O) groups is 1. The fraction of sp³-hybridized carbons (Fsp3) is 0.462. The van der Waals surface area contributed by atoms with Gasteiger partial charge < -0.3 is 20.9 Å². The van der Waals surface area contributed by atoms with Crippen LogP contribution >= 0.6 is 0 Å². The summed E-state index contributed by atoms with van der Waals surface area (Å²) >= 11 is 0. The Kier molecular flexibility index (Phi) is 3.43. The lowest BCUT2D eigenvalue weighted by Crippen LogP contribution is -2.49. The summed E-state index contributed by atoms with van der Waals surface area (Å²) in [6.45, 7) is 3.26. The van der Waals surface area contributed by atoms with Crippen molar-refractivity contribution in [3.63, 3.8) is 0 Å². The SMILES string of the molecule is CC1(NC(=O)c2cccc(N)c2O)CCOCC1. The van der Waals surface area contributed by atoms with Crippen LogP contribution in [0.5, 0.6) is 5.75 Å². The first kappa shape index (κ1) is 12.7. The monoisotopic (exact) mass is 250 g/mol. The summed E-state index contributed by atoms with van der Waals surface area (Å²) < 4.78 is 5.27. The molecule has 1 aromatic rings. The van der Waals surface area contributed by atoms with Crippen LogP contribution in [0.15, 0.2) is 18.2 Å². The number of ether oxygens (including phenoxy) is 1. The van der Waals surface area contributed by atoms with Gasteiger partial charge >= 0.3 is 0 Å². The van der Waals surface area contributed by atoms with Gasteiger partial charge in [0.25, 0.3) is 5.91 Å². The third-order valence-corrected chi connectivity index (χ3v) is 3.32. The molecule has 1 fully saturated rings. The van der Waals surface area contributed by atoms with Crippen LogP contribution in [0, 0.1) is 0 Å². The quantitative estimate of drug-likeness (QED) is 0.545. The van der Waals surface area contributed by atoms with Crippen molar-refractivity contribution < 1.29 is 14.6 Å². The van der Waals surface area contributed by atoms with E-state index >= 15 is 0 Å². The van der Waals surface area contributed by atoms with Crippen molar-refractivity contribution >= 4 is 11.6 Å². The van der Waals surface area contributed by atoms with Crippen molar-refractivity contribution in [3.05, 3.63) is 23.8 Å². The maximum atomic E-state index is 12.1. The molecule has 1 aliphatic rings. The Morgan fingerprint density at radius 3 is 2.78 bits per heavy atom. The molecule has 0 spiro atoms. The second kappa shape index (κ2) is 4.86. The zero-order valence-electron chi connectivity index (χ0n) is 10.4. The number of rotatable bonds is 2. The van der Waals surface area contributed by atoms with E-state index in [0.717, 1.165) is 12.8 Å². The Morgan fingerprint density at radius 1 is 1.44 bits per heavy atom. The molecule has 0 bridgehead atoms. The number of phenolic OH excluding ortho intramolecular Hbond substituents is 1. The van der Waals surface area contributed by atoms with E-state index in [1.807, 2.05) is 6.92 Å². The maximum Gasteiger partial charge on any atom is 0.255 e. The van der Waals surface area contributed by atoms with Gasteiger partial charge in [0.2, 0.25) is 0 Å². The smallest absolute Gasteiger partial charge is 0.255 e. The molecule has 0 atom stereocenters. The van der Waals surface area contributed by atoms with Gasteiger partial charge in [-0.05, 0) is 31.9 Å². The summed E-state index contributed by atoms with van der Waals surface area (Å²) in [7, 11) is 0. The number of hydrogen-bond acceptors (Lipinski definition) is 4. The van der Waals surface area contributed by atoms with Gasteiger partial charge in [-0.25, -0.2) is 0 Å². The number of anilines is 1. The number of carbonyl (C=O) groups excluding carboxylic acids is 1. The normalized spacial score (nSPS) is 18.3. The molecule has 5 heteroatoms. The summed E-state index contributed by atoms with van der Waals surface area (Å²) in [6, 6.07) is 4.77. The topological polar surface area (TPSA) is 84.6 Å². The lowest BCUT2D eigenvalue weighted by Gasteiger charge is -2.34. The van der Waals surface area contributed by atoms with Crippen LogP contribution in [-0.2, 0) is 4.74 Å². The summed E-state index contributed by atoms with van der Waals surface area (Å²) in [5.41, 5.74) is 5.71. The fourth-order valence-electron chi connectivity index (χ4n) is 2.03. The highest BCUT2D eigenvalue weighted by Gasteiger charge is 2.30. The molecule has 1 amide bonds. The van der Waals surface area contributed by atoms with Crippen LogP contribution < -0.4 is 11.1 Å². The number of nitrogen functional groups attached to an aromatic ring is 1. The third-order valence-electron chi connectivity index (χ3n) is 3.32. The molecule has 0 unspecified atom stereocenters. The molecule has 0 radical (unpaired) electrons. The number of nitrogens with two attached hydrogens (primary N) is 1. The second-order valence-corrected chi connectivity index (χ2v) is 4.87. The molecule has 2 rings (SSSR count). The van der Waals surface area contributed by atoms with Gasteiger partial charge in [-0.1, -0.05) is 6.07 Å². The largest absolute Gasteiger partial charge is 0.505 e. The number of nitrogens with one attached hydrogen (secondary N) is 1. The molecule has 1 aromatic carbocycles. The van der Waals surface area contributed by atoms with Crippen molar-refractivity contribution in [3.8, 4) is 5.75 Å². The summed E-state index contributed by atoms with van der Waals surface area (Å²) in [5.74, 6) is -0.463. The average molecular weight is 250 g/mol. The fourth-order valence-corrected chi connectivity index (χ4v) is 2.03. The zero-order chi connectivity index (χ0) is 13.2. The minimum atomic E-state index is -0.302. The Hall–Kier alpha value is -1.75. The molecule has 18 heavy (non-hydrogen) atoms. The second-order valence-electron chi connectivity index (χ2n) is 4.87. The number of phenols is 1. The van der Waals surface area contributed by atoms with E-state index in [0.29, 0.717) is 13.2 Å². The van der Waals surface area contributed by atoms with Gasteiger partial charge in [0.15, 0.2) is 5.75 Å². The molecule has 0 aliphatic carbocycles. The molecule has 1 aliphatic heterocycles. The van der Waals surface area contributed by atoms with Crippen LogP contribution in [0.3, 0.4) is 0 Å². The summed E-state index contributed by atoms with van der Waals surface area (Å²) in [6.07, 6.45) is 1.53. The number of para-hydroxylation sites is 1. The molecular weight excluding hydrogens is 232 g/mol. The molecule has 0 saturated carbocycles. The van der Waals surface area contributed by atoms with E-state index in [-0.39, 0.29) is 28.4 Å². The van der Waals surface area contributed by atoms with Gasteiger partial charge in [-0.15, -0.1) is 0 Å². The predicted octanol–water partition coefficient (Wildman–Crippen LogP) is 1.27. The number of aromatic hydroxyl groups is 1. The molecule has 5 nitrogen and oxygen atoms in total. The standard InChI is InChI=1S/C13H18N2O3/c1-13(5-7-18-8-6-13)15-12(17)9-3-2-4-10(14)11(9)16/h2-4,16H,5-8,14H2,1H3,(H,15,17). The minimum Gasteiger partial charge on any atom is -0.505 e. The van der Waals surface area contributed by atoms with E-state index in [9.17, 15) is 9.90 Å². The Morgan fingerprint density at radius 2 is 2.11 bits per heavy atom. The van der Waals surface area contributed by atoms with E-state index in [4.69, 9.17) is 10.5 Å². The number of hydrogen-bond donors (Lipinski definition) is 3. The predicted molar refractivity (Wildman–Crippen MR) is 68.4 cm³/mol. The number of benzene rings is 1. The van der Waals surface area contributed by atoms with Crippen LogP contribution in [0.4, 0.5) is 5.69 Å². The van der Waals surface area contributed by atoms with Crippen LogP contribution in [0.25, 0.3) is 0 Å².